The van der Waals surface area contributed by atoms with Crippen LogP contribution in [0.25, 0.3) is 0 Å². The Bertz CT molecular complexity index is 571. The molecule has 0 aliphatic rings. The highest BCUT2D eigenvalue weighted by Crippen LogP contribution is 2.30. The third kappa shape index (κ3) is 2.57. The Morgan fingerprint density at radius 1 is 1.17 bits per heavy atom. The van der Waals surface area contributed by atoms with Gasteiger partial charge in [-0.3, -0.25) is 0 Å². The van der Waals surface area contributed by atoms with Gasteiger partial charge in [-0.15, -0.1) is 0 Å². The van der Waals surface area contributed by atoms with E-state index in [4.69, 9.17) is 17.3 Å². The molecule has 18 heavy (non-hydrogen) atoms. The van der Waals surface area contributed by atoms with E-state index in [-0.39, 0.29) is 0 Å². The Morgan fingerprint density at radius 3 is 2.50 bits per heavy atom. The van der Waals surface area contributed by atoms with Gasteiger partial charge in [-0.1, -0.05) is 17.7 Å². The number of aromatic nitrogens is 1. The van der Waals surface area contributed by atoms with Gasteiger partial charge in [0.2, 0.25) is 0 Å². The van der Waals surface area contributed by atoms with Gasteiger partial charge in [0.15, 0.2) is 0 Å². The first-order valence-corrected chi connectivity index (χ1v) is 6.12. The molecule has 0 radical (unpaired) electrons. The van der Waals surface area contributed by atoms with Crippen LogP contribution in [-0.4, -0.2) is 4.98 Å². The average Bonchev–Trinajstić information content (AvgIpc) is 2.28. The number of nitrogens with two attached hydrogens (primary N) is 1. The highest BCUT2D eigenvalue weighted by atomic mass is 35.5. The lowest BCUT2D eigenvalue weighted by atomic mass is 10.1. The van der Waals surface area contributed by atoms with Gasteiger partial charge in [-0.05, 0) is 50.1 Å². The van der Waals surface area contributed by atoms with Gasteiger partial charge in [0.25, 0.3) is 0 Å². The van der Waals surface area contributed by atoms with Crippen LogP contribution in [0.1, 0.15) is 16.8 Å². The predicted molar refractivity (Wildman–Crippen MR) is 77.6 cm³/mol. The smallest absolute Gasteiger partial charge is 0.130 e. The monoisotopic (exact) mass is 261 g/mol. The lowest BCUT2D eigenvalue weighted by Crippen LogP contribution is -2.00. The first kappa shape index (κ1) is 12.7. The predicted octanol–water partition coefficient (Wildman–Crippen LogP) is 3.99. The number of nitrogen functional groups attached to an aromatic ring is 1. The maximum atomic E-state index is 6.24. The summed E-state index contributed by atoms with van der Waals surface area (Å²) in [5.41, 5.74) is 10.4. The van der Waals surface area contributed by atoms with E-state index >= 15 is 0 Å². The van der Waals surface area contributed by atoms with Crippen LogP contribution < -0.4 is 11.1 Å². The highest BCUT2D eigenvalue weighted by molar-refractivity contribution is 6.33. The topological polar surface area (TPSA) is 50.9 Å². The zero-order valence-electron chi connectivity index (χ0n) is 10.7. The minimum absolute atomic E-state index is 0.687. The van der Waals surface area contributed by atoms with E-state index in [1.165, 1.54) is 0 Å². The third-order valence-corrected chi connectivity index (χ3v) is 3.11. The molecule has 0 aliphatic heterocycles. The van der Waals surface area contributed by atoms with Crippen molar-refractivity contribution in [3.8, 4) is 0 Å². The van der Waals surface area contributed by atoms with Crippen molar-refractivity contribution in [1.29, 1.82) is 0 Å². The van der Waals surface area contributed by atoms with Crippen molar-refractivity contribution >= 4 is 28.8 Å². The number of halogens is 1. The van der Waals surface area contributed by atoms with Gasteiger partial charge in [0.05, 0.1) is 22.1 Å². The number of nitrogens with zero attached hydrogens (tertiary/aromatic N) is 1. The first-order chi connectivity index (χ1) is 8.47. The number of hydrogen-bond acceptors (Lipinski definition) is 3. The molecule has 94 valence electrons. The molecule has 1 aromatic heterocycles. The molecule has 3 nitrogen and oxygen atoms in total. The summed E-state index contributed by atoms with van der Waals surface area (Å²) in [7, 11) is 0. The molecule has 0 saturated carbocycles. The number of aryl methyl sites for hydroxylation is 3. The largest absolute Gasteiger partial charge is 0.397 e. The van der Waals surface area contributed by atoms with Gasteiger partial charge in [-0.25, -0.2) is 4.98 Å². The second-order valence-electron chi connectivity index (χ2n) is 4.43. The number of rotatable bonds is 2. The van der Waals surface area contributed by atoms with Crippen molar-refractivity contribution in [2.75, 3.05) is 11.1 Å². The lowest BCUT2D eigenvalue weighted by Gasteiger charge is -2.12. The molecule has 0 bridgehead atoms. The Kier molecular flexibility index (Phi) is 3.43. The van der Waals surface area contributed by atoms with Crippen molar-refractivity contribution in [2.45, 2.75) is 20.8 Å². The van der Waals surface area contributed by atoms with Gasteiger partial charge < -0.3 is 11.1 Å². The molecular formula is C14H16ClN3. The maximum Gasteiger partial charge on any atom is 0.130 e. The minimum Gasteiger partial charge on any atom is -0.397 e. The first-order valence-electron chi connectivity index (χ1n) is 5.74. The van der Waals surface area contributed by atoms with Gasteiger partial charge in [0.1, 0.15) is 5.82 Å². The molecule has 2 rings (SSSR count). The fraction of sp³-hybridized carbons (Fsp3) is 0.214. The summed E-state index contributed by atoms with van der Waals surface area (Å²) in [6.07, 6.45) is 0. The van der Waals surface area contributed by atoms with Crippen molar-refractivity contribution in [3.63, 3.8) is 0 Å². The Labute approximate surface area is 112 Å². The molecule has 4 heteroatoms. The van der Waals surface area contributed by atoms with E-state index in [0.717, 1.165) is 28.3 Å². The SMILES string of the molecule is Cc1cc(C)c(Nc2ccc(N)c(C)n2)c(Cl)c1. The van der Waals surface area contributed by atoms with Gasteiger partial charge in [-0.2, -0.15) is 0 Å². The molecule has 0 fully saturated rings. The summed E-state index contributed by atoms with van der Waals surface area (Å²) < 4.78 is 0. The summed E-state index contributed by atoms with van der Waals surface area (Å²) >= 11 is 6.24. The van der Waals surface area contributed by atoms with Gasteiger partial charge in [0, 0.05) is 0 Å². The number of anilines is 3. The fourth-order valence-corrected chi connectivity index (χ4v) is 2.21. The summed E-state index contributed by atoms with van der Waals surface area (Å²) in [4.78, 5) is 4.38. The second-order valence-corrected chi connectivity index (χ2v) is 4.84. The Morgan fingerprint density at radius 2 is 1.89 bits per heavy atom. The molecule has 0 aliphatic carbocycles. The number of nitrogens with one attached hydrogen (secondary N) is 1. The molecule has 0 saturated heterocycles. The lowest BCUT2D eigenvalue weighted by molar-refractivity contribution is 1.20. The van der Waals surface area contributed by atoms with Crippen molar-refractivity contribution in [1.82, 2.24) is 4.98 Å². The molecule has 0 spiro atoms. The molecule has 0 unspecified atom stereocenters. The molecule has 0 amide bonds. The van der Waals surface area contributed by atoms with Crippen LogP contribution in [-0.2, 0) is 0 Å². The Balaban J connectivity index is 2.37. The molecule has 1 heterocycles. The Hall–Kier alpha value is -1.74. The van der Waals surface area contributed by atoms with Crippen LogP contribution in [0.4, 0.5) is 17.2 Å². The summed E-state index contributed by atoms with van der Waals surface area (Å²) in [6, 6.07) is 7.69. The van der Waals surface area contributed by atoms with E-state index in [0.29, 0.717) is 10.7 Å². The molecule has 2 aromatic rings. The standard InChI is InChI=1S/C14H16ClN3/c1-8-6-9(2)14(11(15)7-8)18-13-5-4-12(16)10(3)17-13/h4-7H,16H2,1-3H3,(H,17,18). The van der Waals surface area contributed by atoms with E-state index < -0.39 is 0 Å². The molecule has 3 N–H and O–H groups in total. The molecule has 1 aromatic carbocycles. The normalized spacial score (nSPS) is 10.4. The van der Waals surface area contributed by atoms with Crippen LogP contribution in [0.15, 0.2) is 24.3 Å². The molecular weight excluding hydrogens is 246 g/mol. The fourth-order valence-electron chi connectivity index (χ4n) is 1.84. The van der Waals surface area contributed by atoms with Crippen LogP contribution >= 0.6 is 11.6 Å². The van der Waals surface area contributed by atoms with Crippen LogP contribution in [0.5, 0.6) is 0 Å². The average molecular weight is 262 g/mol. The highest BCUT2D eigenvalue weighted by Gasteiger charge is 2.07. The van der Waals surface area contributed by atoms with Crippen LogP contribution in [0, 0.1) is 20.8 Å². The van der Waals surface area contributed by atoms with Crippen LogP contribution in [0.2, 0.25) is 5.02 Å². The summed E-state index contributed by atoms with van der Waals surface area (Å²) in [6.45, 7) is 5.92. The van der Waals surface area contributed by atoms with Crippen molar-refractivity contribution in [2.24, 2.45) is 0 Å². The van der Waals surface area contributed by atoms with Gasteiger partial charge >= 0.3 is 0 Å². The van der Waals surface area contributed by atoms with E-state index in [2.05, 4.69) is 16.4 Å². The zero-order chi connectivity index (χ0) is 13.3. The number of benzene rings is 1. The summed E-state index contributed by atoms with van der Waals surface area (Å²) in [5, 5.41) is 3.94. The quantitative estimate of drug-likeness (QED) is 0.860. The third-order valence-electron chi connectivity index (χ3n) is 2.81. The zero-order valence-corrected chi connectivity index (χ0v) is 11.5. The maximum absolute atomic E-state index is 6.24. The van der Waals surface area contributed by atoms with E-state index in [1.54, 1.807) is 0 Å². The van der Waals surface area contributed by atoms with E-state index in [1.807, 2.05) is 39.0 Å². The van der Waals surface area contributed by atoms with Crippen LogP contribution in [0.3, 0.4) is 0 Å². The van der Waals surface area contributed by atoms with Crippen molar-refractivity contribution in [3.05, 3.63) is 46.1 Å². The minimum atomic E-state index is 0.687. The number of pyridine rings is 1. The molecule has 0 atom stereocenters. The van der Waals surface area contributed by atoms with Crippen molar-refractivity contribution < 1.29 is 0 Å². The van der Waals surface area contributed by atoms with E-state index in [9.17, 15) is 0 Å². The number of hydrogen-bond donors (Lipinski definition) is 2. The summed E-state index contributed by atoms with van der Waals surface area (Å²) in [5.74, 6) is 0.746. The second kappa shape index (κ2) is 4.86.